The predicted octanol–water partition coefficient (Wildman–Crippen LogP) is 4.39. The molecule has 0 radical (unpaired) electrons. The van der Waals surface area contributed by atoms with Crippen molar-refractivity contribution in [1.82, 2.24) is 0 Å². The molecule has 1 saturated carbocycles. The first-order valence-corrected chi connectivity index (χ1v) is 10.5. The highest BCUT2D eigenvalue weighted by molar-refractivity contribution is 5.94. The lowest BCUT2D eigenvalue weighted by Crippen LogP contribution is -2.31. The van der Waals surface area contributed by atoms with Crippen LogP contribution in [-0.2, 0) is 19.0 Å². The number of hydrogen-bond acceptors (Lipinski definition) is 5. The normalized spacial score (nSPS) is 35.0. The van der Waals surface area contributed by atoms with Crippen molar-refractivity contribution >= 4 is 11.8 Å². The Morgan fingerprint density at radius 3 is 2.59 bits per heavy atom. The van der Waals surface area contributed by atoms with E-state index in [2.05, 4.69) is 13.0 Å². The molecule has 2 aliphatic heterocycles. The molecule has 2 fully saturated rings. The number of aryl methyl sites for hydroxylation is 2. The van der Waals surface area contributed by atoms with Crippen LogP contribution in [0.25, 0.3) is 0 Å². The maximum atomic E-state index is 13.0. The summed E-state index contributed by atoms with van der Waals surface area (Å²) in [6.45, 7) is 9.59. The van der Waals surface area contributed by atoms with E-state index in [1.165, 1.54) is 0 Å². The van der Waals surface area contributed by atoms with Crippen molar-refractivity contribution in [2.75, 3.05) is 0 Å². The van der Waals surface area contributed by atoms with Crippen molar-refractivity contribution in [3.8, 4) is 0 Å². The number of hydrogen-bond donors (Lipinski definition) is 0. The zero-order chi connectivity index (χ0) is 20.9. The number of esters is 1. The molecule has 29 heavy (non-hydrogen) atoms. The van der Waals surface area contributed by atoms with E-state index < -0.39 is 11.9 Å². The van der Waals surface area contributed by atoms with Crippen LogP contribution in [0.2, 0.25) is 0 Å². The van der Waals surface area contributed by atoms with Crippen LogP contribution in [0.5, 0.6) is 0 Å². The summed E-state index contributed by atoms with van der Waals surface area (Å²) in [5.74, 6) is -0.473. The van der Waals surface area contributed by atoms with Gasteiger partial charge in [-0.05, 0) is 76.5 Å². The van der Waals surface area contributed by atoms with E-state index in [9.17, 15) is 9.59 Å². The van der Waals surface area contributed by atoms with Crippen molar-refractivity contribution in [3.63, 3.8) is 0 Å². The summed E-state index contributed by atoms with van der Waals surface area (Å²) in [7, 11) is 0. The van der Waals surface area contributed by atoms with Gasteiger partial charge in [-0.1, -0.05) is 23.8 Å². The van der Waals surface area contributed by atoms with E-state index in [1.807, 2.05) is 33.8 Å². The lowest BCUT2D eigenvalue weighted by Gasteiger charge is -2.19. The SMILES string of the molecule is Cc1cc(C)c2c(c1)C1CC1C[C@@H]1OC(C)(C)O[C@@H]1C(=O)/C=C\C[C@H](C)OC2=O. The van der Waals surface area contributed by atoms with Gasteiger partial charge in [0, 0.05) is 6.42 Å². The van der Waals surface area contributed by atoms with Gasteiger partial charge in [-0.25, -0.2) is 4.79 Å². The Bertz CT molecular complexity index is 868. The van der Waals surface area contributed by atoms with Gasteiger partial charge in [0.25, 0.3) is 0 Å². The fraction of sp³-hybridized carbons (Fsp3) is 0.583. The minimum Gasteiger partial charge on any atom is -0.459 e. The molecule has 5 atom stereocenters. The number of rotatable bonds is 0. The van der Waals surface area contributed by atoms with E-state index >= 15 is 0 Å². The first-order valence-electron chi connectivity index (χ1n) is 10.5. The second-order valence-corrected chi connectivity index (χ2v) is 9.23. The number of benzene rings is 1. The van der Waals surface area contributed by atoms with Gasteiger partial charge in [0.05, 0.1) is 11.7 Å². The zero-order valence-corrected chi connectivity index (χ0v) is 17.9. The molecule has 4 rings (SSSR count). The third-order valence-electron chi connectivity index (χ3n) is 6.09. The van der Waals surface area contributed by atoms with Gasteiger partial charge in [0.1, 0.15) is 12.2 Å². The van der Waals surface area contributed by atoms with Crippen LogP contribution in [0.1, 0.15) is 73.0 Å². The summed E-state index contributed by atoms with van der Waals surface area (Å²) in [6, 6.07) is 4.15. The number of carbonyl (C=O) groups is 2. The molecule has 2 heterocycles. The molecule has 1 aliphatic carbocycles. The minimum absolute atomic E-state index is 0.0829. The highest BCUT2D eigenvalue weighted by Gasteiger charge is 2.49. The first kappa shape index (κ1) is 20.3. The number of ketones is 1. The molecule has 1 saturated heterocycles. The van der Waals surface area contributed by atoms with Crippen LogP contribution in [0, 0.1) is 19.8 Å². The number of fused-ring (bicyclic) bond motifs is 4. The van der Waals surface area contributed by atoms with Crippen LogP contribution in [0.15, 0.2) is 24.3 Å². The molecule has 0 aromatic heterocycles. The maximum Gasteiger partial charge on any atom is 0.338 e. The summed E-state index contributed by atoms with van der Waals surface area (Å²) in [5, 5.41) is 0. The monoisotopic (exact) mass is 398 g/mol. The molecular formula is C24H30O5. The molecule has 0 bridgehead atoms. The molecule has 0 spiro atoms. The Labute approximate surface area is 172 Å². The molecule has 1 aromatic carbocycles. The van der Waals surface area contributed by atoms with Gasteiger partial charge in [0.15, 0.2) is 11.6 Å². The Balaban J connectivity index is 1.70. The van der Waals surface area contributed by atoms with Crippen molar-refractivity contribution in [1.29, 1.82) is 0 Å². The van der Waals surface area contributed by atoms with Crippen molar-refractivity contribution in [2.45, 2.75) is 83.9 Å². The van der Waals surface area contributed by atoms with Crippen molar-refractivity contribution < 1.29 is 23.8 Å². The molecular weight excluding hydrogens is 368 g/mol. The van der Waals surface area contributed by atoms with Crippen LogP contribution in [-0.4, -0.2) is 35.9 Å². The van der Waals surface area contributed by atoms with E-state index in [0.29, 0.717) is 17.9 Å². The Hall–Kier alpha value is -1.98. The zero-order valence-electron chi connectivity index (χ0n) is 17.9. The average molecular weight is 398 g/mol. The highest BCUT2D eigenvalue weighted by Crippen LogP contribution is 2.53. The van der Waals surface area contributed by atoms with Crippen LogP contribution in [0.4, 0.5) is 0 Å². The molecule has 0 N–H and O–H groups in total. The van der Waals surface area contributed by atoms with Gasteiger partial charge in [0.2, 0.25) is 0 Å². The quantitative estimate of drug-likeness (QED) is 0.607. The summed E-state index contributed by atoms with van der Waals surface area (Å²) in [5.41, 5.74) is 3.87. The lowest BCUT2D eigenvalue weighted by molar-refractivity contribution is -0.153. The topological polar surface area (TPSA) is 61.8 Å². The maximum absolute atomic E-state index is 13.0. The molecule has 0 amide bonds. The standard InChI is InChI=1S/C24H30O5/c1-13-9-14(2)21-18(10-13)17-11-16(17)12-20-22(29-24(4,5)28-20)19(25)8-6-7-15(3)27-23(21)26/h6,8-10,15-17,20,22H,7,11-12H2,1-5H3/b8-6-/t15-,16?,17?,20-,22+/m0/s1. The van der Waals surface area contributed by atoms with Crippen LogP contribution >= 0.6 is 0 Å². The number of cyclic esters (lactones) is 1. The fourth-order valence-electron chi connectivity index (χ4n) is 4.77. The third kappa shape index (κ3) is 4.17. The molecule has 1 aromatic rings. The van der Waals surface area contributed by atoms with Gasteiger partial charge in [-0.2, -0.15) is 0 Å². The highest BCUT2D eigenvalue weighted by atomic mass is 16.8. The Morgan fingerprint density at radius 2 is 1.83 bits per heavy atom. The van der Waals surface area contributed by atoms with Crippen LogP contribution in [0.3, 0.4) is 0 Å². The second kappa shape index (κ2) is 7.37. The Morgan fingerprint density at radius 1 is 1.07 bits per heavy atom. The molecule has 3 aliphatic rings. The van der Waals surface area contributed by atoms with E-state index in [-0.39, 0.29) is 29.9 Å². The van der Waals surface area contributed by atoms with Crippen molar-refractivity contribution in [2.24, 2.45) is 5.92 Å². The van der Waals surface area contributed by atoms with Gasteiger partial charge >= 0.3 is 5.97 Å². The minimum atomic E-state index is -0.769. The number of carbonyl (C=O) groups excluding carboxylic acids is 2. The van der Waals surface area contributed by atoms with Gasteiger partial charge < -0.3 is 14.2 Å². The summed E-state index contributed by atoms with van der Waals surface area (Å²) in [4.78, 5) is 25.7. The summed E-state index contributed by atoms with van der Waals surface area (Å²) in [6.07, 6.45) is 4.36. The molecule has 156 valence electrons. The first-order chi connectivity index (χ1) is 13.6. The molecule has 5 heteroatoms. The number of ether oxygens (including phenoxy) is 3. The second-order valence-electron chi connectivity index (χ2n) is 9.23. The van der Waals surface area contributed by atoms with Crippen LogP contribution < -0.4 is 0 Å². The largest absolute Gasteiger partial charge is 0.459 e. The lowest BCUT2D eigenvalue weighted by atomic mass is 9.93. The van der Waals surface area contributed by atoms with Gasteiger partial charge in [-0.15, -0.1) is 0 Å². The van der Waals surface area contributed by atoms with E-state index in [4.69, 9.17) is 14.2 Å². The van der Waals surface area contributed by atoms with E-state index in [0.717, 1.165) is 29.5 Å². The fourth-order valence-corrected chi connectivity index (χ4v) is 4.77. The molecule has 2 unspecified atom stereocenters. The van der Waals surface area contributed by atoms with E-state index in [1.54, 1.807) is 12.2 Å². The average Bonchev–Trinajstić information content (AvgIpc) is 3.28. The van der Waals surface area contributed by atoms with Gasteiger partial charge in [-0.3, -0.25) is 4.79 Å². The smallest absolute Gasteiger partial charge is 0.338 e. The van der Waals surface area contributed by atoms with Crippen molar-refractivity contribution in [3.05, 3.63) is 46.5 Å². The summed E-state index contributed by atoms with van der Waals surface area (Å²) < 4.78 is 17.7. The Kier molecular flexibility index (Phi) is 5.16. The third-order valence-corrected chi connectivity index (χ3v) is 6.09. The molecule has 5 nitrogen and oxygen atoms in total. The summed E-state index contributed by atoms with van der Waals surface area (Å²) >= 11 is 0. The predicted molar refractivity (Wildman–Crippen MR) is 109 cm³/mol.